The first kappa shape index (κ1) is 13.8. The Morgan fingerprint density at radius 1 is 1.40 bits per heavy atom. The molecule has 1 aromatic heterocycles. The SMILES string of the molecule is CNC(c1ccn(Cc2ccc(F)c(Br)c2)c1)C1CC1. The van der Waals surface area contributed by atoms with Crippen molar-refractivity contribution in [2.45, 2.75) is 25.4 Å². The van der Waals surface area contributed by atoms with Crippen LogP contribution in [0.2, 0.25) is 0 Å². The minimum absolute atomic E-state index is 0.217. The average molecular weight is 337 g/mol. The Morgan fingerprint density at radius 2 is 2.20 bits per heavy atom. The minimum atomic E-state index is -0.217. The van der Waals surface area contributed by atoms with Gasteiger partial charge in [0, 0.05) is 25.0 Å². The van der Waals surface area contributed by atoms with E-state index in [4.69, 9.17) is 0 Å². The molecule has 0 spiro atoms. The number of hydrogen-bond acceptors (Lipinski definition) is 1. The Labute approximate surface area is 127 Å². The molecule has 3 rings (SSSR count). The fourth-order valence-electron chi connectivity index (χ4n) is 2.69. The Hall–Kier alpha value is -1.13. The molecule has 1 aliphatic rings. The van der Waals surface area contributed by atoms with Crippen molar-refractivity contribution in [1.82, 2.24) is 9.88 Å². The average Bonchev–Trinajstić information content (AvgIpc) is 3.16. The number of hydrogen-bond donors (Lipinski definition) is 1. The summed E-state index contributed by atoms with van der Waals surface area (Å²) in [7, 11) is 2.03. The first-order chi connectivity index (χ1) is 9.67. The smallest absolute Gasteiger partial charge is 0.137 e. The zero-order valence-corrected chi connectivity index (χ0v) is 13.0. The minimum Gasteiger partial charge on any atom is -0.350 e. The lowest BCUT2D eigenvalue weighted by Crippen LogP contribution is -2.17. The van der Waals surface area contributed by atoms with Crippen LogP contribution >= 0.6 is 15.9 Å². The van der Waals surface area contributed by atoms with Crippen LogP contribution in [0, 0.1) is 11.7 Å². The molecule has 4 heteroatoms. The van der Waals surface area contributed by atoms with E-state index in [0.29, 0.717) is 10.5 Å². The molecule has 0 aliphatic heterocycles. The number of aromatic nitrogens is 1. The molecule has 20 heavy (non-hydrogen) atoms. The molecule has 1 aliphatic carbocycles. The zero-order valence-electron chi connectivity index (χ0n) is 11.4. The highest BCUT2D eigenvalue weighted by Gasteiger charge is 2.31. The predicted octanol–water partition coefficient (Wildman–Crippen LogP) is 4.11. The first-order valence-corrected chi connectivity index (χ1v) is 7.73. The predicted molar refractivity (Wildman–Crippen MR) is 82.2 cm³/mol. The van der Waals surface area contributed by atoms with Crippen LogP contribution in [0.1, 0.15) is 30.0 Å². The Bertz CT molecular complexity index is 604. The summed E-state index contributed by atoms with van der Waals surface area (Å²) in [6.45, 7) is 0.764. The van der Waals surface area contributed by atoms with E-state index in [1.807, 2.05) is 19.2 Å². The van der Waals surface area contributed by atoms with E-state index in [0.717, 1.165) is 18.0 Å². The van der Waals surface area contributed by atoms with Gasteiger partial charge >= 0.3 is 0 Å². The van der Waals surface area contributed by atoms with E-state index in [-0.39, 0.29) is 5.82 Å². The Balaban J connectivity index is 1.74. The molecule has 1 heterocycles. The fourth-order valence-corrected chi connectivity index (χ4v) is 3.12. The van der Waals surface area contributed by atoms with Crippen molar-refractivity contribution in [3.05, 3.63) is 58.1 Å². The summed E-state index contributed by atoms with van der Waals surface area (Å²) >= 11 is 3.23. The van der Waals surface area contributed by atoms with Crippen LogP contribution in [0.15, 0.2) is 41.1 Å². The van der Waals surface area contributed by atoms with E-state index >= 15 is 0 Å². The molecule has 1 atom stereocenters. The second-order valence-electron chi connectivity index (χ2n) is 5.47. The van der Waals surface area contributed by atoms with Crippen molar-refractivity contribution < 1.29 is 4.39 Å². The quantitative estimate of drug-likeness (QED) is 0.869. The number of benzene rings is 1. The van der Waals surface area contributed by atoms with Gasteiger partial charge in [-0.1, -0.05) is 6.07 Å². The highest BCUT2D eigenvalue weighted by atomic mass is 79.9. The van der Waals surface area contributed by atoms with E-state index in [9.17, 15) is 4.39 Å². The molecule has 2 nitrogen and oxygen atoms in total. The van der Waals surface area contributed by atoms with Gasteiger partial charge in [-0.3, -0.25) is 0 Å². The summed E-state index contributed by atoms with van der Waals surface area (Å²) in [5.74, 6) is 0.571. The molecule has 1 aromatic carbocycles. The second-order valence-corrected chi connectivity index (χ2v) is 6.32. The maximum absolute atomic E-state index is 13.2. The molecule has 0 amide bonds. The summed E-state index contributed by atoms with van der Waals surface area (Å²) in [6.07, 6.45) is 6.93. The molecule has 1 fully saturated rings. The van der Waals surface area contributed by atoms with Crippen molar-refractivity contribution in [2.24, 2.45) is 5.92 Å². The third kappa shape index (κ3) is 2.96. The summed E-state index contributed by atoms with van der Waals surface area (Å²) in [5.41, 5.74) is 2.43. The van der Waals surface area contributed by atoms with Crippen LogP contribution in [0.4, 0.5) is 4.39 Å². The van der Waals surface area contributed by atoms with Crippen LogP contribution in [0.3, 0.4) is 0 Å². The lowest BCUT2D eigenvalue weighted by molar-refractivity contribution is 0.528. The largest absolute Gasteiger partial charge is 0.350 e. The van der Waals surface area contributed by atoms with Gasteiger partial charge in [-0.15, -0.1) is 0 Å². The third-order valence-electron chi connectivity index (χ3n) is 3.89. The van der Waals surface area contributed by atoms with Crippen LogP contribution in [0.25, 0.3) is 0 Å². The highest BCUT2D eigenvalue weighted by Crippen LogP contribution is 2.40. The lowest BCUT2D eigenvalue weighted by Gasteiger charge is -2.13. The molecule has 1 N–H and O–H groups in total. The van der Waals surface area contributed by atoms with E-state index in [1.165, 1.54) is 24.5 Å². The van der Waals surface area contributed by atoms with Crippen molar-refractivity contribution >= 4 is 15.9 Å². The molecule has 1 unspecified atom stereocenters. The van der Waals surface area contributed by atoms with Gasteiger partial charge < -0.3 is 9.88 Å². The molecule has 0 radical (unpaired) electrons. The van der Waals surface area contributed by atoms with Gasteiger partial charge in [-0.2, -0.15) is 0 Å². The zero-order chi connectivity index (χ0) is 14.1. The van der Waals surface area contributed by atoms with Gasteiger partial charge in [-0.25, -0.2) is 4.39 Å². The molecule has 106 valence electrons. The van der Waals surface area contributed by atoms with Gasteiger partial charge in [0.05, 0.1) is 4.47 Å². The van der Waals surface area contributed by atoms with Gasteiger partial charge in [0.2, 0.25) is 0 Å². The van der Waals surface area contributed by atoms with Crippen molar-refractivity contribution in [1.29, 1.82) is 0 Å². The van der Waals surface area contributed by atoms with Crippen LogP contribution in [-0.4, -0.2) is 11.6 Å². The van der Waals surface area contributed by atoms with E-state index in [1.54, 1.807) is 0 Å². The van der Waals surface area contributed by atoms with E-state index in [2.05, 4.69) is 44.3 Å². The Morgan fingerprint density at radius 3 is 2.85 bits per heavy atom. The standard InChI is InChI=1S/C16H18BrFN2/c1-19-16(12-3-4-12)13-6-7-20(10-13)9-11-2-5-15(18)14(17)8-11/h2,5-8,10,12,16,19H,3-4,9H2,1H3. The molecular weight excluding hydrogens is 319 g/mol. The normalized spacial score (nSPS) is 16.4. The van der Waals surface area contributed by atoms with Crippen LogP contribution in [-0.2, 0) is 6.54 Å². The molecule has 0 bridgehead atoms. The number of nitrogens with one attached hydrogen (secondary N) is 1. The molecule has 2 aromatic rings. The maximum Gasteiger partial charge on any atom is 0.137 e. The number of nitrogens with zero attached hydrogens (tertiary/aromatic N) is 1. The molecule has 0 saturated heterocycles. The number of halogens is 2. The van der Waals surface area contributed by atoms with Gasteiger partial charge in [0.15, 0.2) is 0 Å². The van der Waals surface area contributed by atoms with Gasteiger partial charge in [0.1, 0.15) is 5.82 Å². The van der Waals surface area contributed by atoms with Crippen molar-refractivity contribution in [3.63, 3.8) is 0 Å². The maximum atomic E-state index is 13.2. The molecular formula is C16H18BrFN2. The topological polar surface area (TPSA) is 17.0 Å². The summed E-state index contributed by atoms with van der Waals surface area (Å²) in [4.78, 5) is 0. The van der Waals surface area contributed by atoms with Gasteiger partial charge in [-0.05, 0) is 71.1 Å². The molecule has 1 saturated carbocycles. The Kier molecular flexibility index (Phi) is 3.94. The van der Waals surface area contributed by atoms with Crippen molar-refractivity contribution in [2.75, 3.05) is 7.05 Å². The van der Waals surface area contributed by atoms with Crippen LogP contribution in [0.5, 0.6) is 0 Å². The lowest BCUT2D eigenvalue weighted by atomic mass is 10.1. The van der Waals surface area contributed by atoms with Crippen LogP contribution < -0.4 is 5.32 Å². The van der Waals surface area contributed by atoms with Crippen molar-refractivity contribution in [3.8, 4) is 0 Å². The summed E-state index contributed by atoms with van der Waals surface area (Å²) in [6, 6.07) is 7.82. The van der Waals surface area contributed by atoms with E-state index < -0.39 is 0 Å². The summed E-state index contributed by atoms with van der Waals surface area (Å²) in [5, 5.41) is 3.40. The monoisotopic (exact) mass is 336 g/mol. The van der Waals surface area contributed by atoms with Gasteiger partial charge in [0.25, 0.3) is 0 Å². The third-order valence-corrected chi connectivity index (χ3v) is 4.49. The summed E-state index contributed by atoms with van der Waals surface area (Å²) < 4.78 is 15.9. The number of rotatable bonds is 5. The highest BCUT2D eigenvalue weighted by molar-refractivity contribution is 9.10. The first-order valence-electron chi connectivity index (χ1n) is 6.94. The fraction of sp³-hybridized carbons (Fsp3) is 0.375. The second kappa shape index (κ2) is 5.70.